The Balaban J connectivity index is 2.90. The SMILES string of the molecule is CCCCC(CC)C(=O)Oc1ccccc1S(=O)(=O)O. The number of hydrogen-bond acceptors (Lipinski definition) is 4. The number of unbranched alkanes of at least 4 members (excludes halogenated alkanes) is 1. The second-order valence-electron chi connectivity index (χ2n) is 4.59. The third-order valence-electron chi connectivity index (χ3n) is 3.07. The molecule has 0 amide bonds. The predicted octanol–water partition coefficient (Wildman–Crippen LogP) is 3.06. The highest BCUT2D eigenvalue weighted by Crippen LogP contribution is 2.25. The molecule has 0 spiro atoms. The molecule has 0 aliphatic rings. The quantitative estimate of drug-likeness (QED) is 0.475. The molecule has 0 radical (unpaired) electrons. The van der Waals surface area contributed by atoms with Crippen LogP contribution in [0.3, 0.4) is 0 Å². The summed E-state index contributed by atoms with van der Waals surface area (Å²) in [5.74, 6) is -0.851. The molecule has 0 heterocycles. The Morgan fingerprint density at radius 2 is 1.95 bits per heavy atom. The van der Waals surface area contributed by atoms with Gasteiger partial charge >= 0.3 is 5.97 Å². The van der Waals surface area contributed by atoms with Crippen molar-refractivity contribution in [2.75, 3.05) is 0 Å². The van der Waals surface area contributed by atoms with Gasteiger partial charge in [-0.05, 0) is 25.0 Å². The molecule has 20 heavy (non-hydrogen) atoms. The van der Waals surface area contributed by atoms with Gasteiger partial charge in [-0.2, -0.15) is 8.42 Å². The molecular weight excluding hydrogens is 280 g/mol. The molecule has 0 saturated heterocycles. The molecule has 1 atom stereocenters. The summed E-state index contributed by atoms with van der Waals surface area (Å²) in [7, 11) is -4.41. The van der Waals surface area contributed by atoms with E-state index in [1.54, 1.807) is 6.07 Å². The highest BCUT2D eigenvalue weighted by molar-refractivity contribution is 7.86. The number of benzene rings is 1. The van der Waals surface area contributed by atoms with Gasteiger partial charge in [0.25, 0.3) is 10.1 Å². The zero-order valence-electron chi connectivity index (χ0n) is 11.7. The lowest BCUT2D eigenvalue weighted by Crippen LogP contribution is -2.21. The van der Waals surface area contributed by atoms with Crippen LogP contribution in [0.25, 0.3) is 0 Å². The minimum Gasteiger partial charge on any atom is -0.425 e. The molecule has 1 N–H and O–H groups in total. The van der Waals surface area contributed by atoms with Crippen molar-refractivity contribution in [2.24, 2.45) is 5.92 Å². The average Bonchev–Trinajstić information content (AvgIpc) is 2.39. The molecule has 1 aromatic carbocycles. The van der Waals surface area contributed by atoms with Crippen LogP contribution < -0.4 is 4.74 Å². The van der Waals surface area contributed by atoms with E-state index in [1.807, 2.05) is 13.8 Å². The summed E-state index contributed by atoms with van der Waals surface area (Å²) in [5.41, 5.74) is 0. The highest BCUT2D eigenvalue weighted by Gasteiger charge is 2.22. The van der Waals surface area contributed by atoms with E-state index in [9.17, 15) is 13.2 Å². The monoisotopic (exact) mass is 300 g/mol. The van der Waals surface area contributed by atoms with E-state index in [0.717, 1.165) is 12.8 Å². The van der Waals surface area contributed by atoms with Gasteiger partial charge in [0.2, 0.25) is 0 Å². The fraction of sp³-hybridized carbons (Fsp3) is 0.500. The minimum atomic E-state index is -4.41. The molecule has 112 valence electrons. The topological polar surface area (TPSA) is 80.7 Å². The summed E-state index contributed by atoms with van der Waals surface area (Å²) in [4.78, 5) is 11.6. The predicted molar refractivity (Wildman–Crippen MR) is 75.2 cm³/mol. The van der Waals surface area contributed by atoms with Gasteiger partial charge in [0, 0.05) is 0 Å². The molecule has 0 aliphatic carbocycles. The summed E-state index contributed by atoms with van der Waals surface area (Å²) in [6, 6.07) is 5.55. The van der Waals surface area contributed by atoms with E-state index >= 15 is 0 Å². The highest BCUT2D eigenvalue weighted by atomic mass is 32.2. The molecule has 0 aromatic heterocycles. The normalized spacial score (nSPS) is 12.9. The van der Waals surface area contributed by atoms with Crippen LogP contribution in [0.15, 0.2) is 29.2 Å². The third-order valence-corrected chi connectivity index (χ3v) is 3.96. The van der Waals surface area contributed by atoms with Crippen molar-refractivity contribution in [1.82, 2.24) is 0 Å². The van der Waals surface area contributed by atoms with Gasteiger partial charge in [-0.1, -0.05) is 38.8 Å². The fourth-order valence-corrected chi connectivity index (χ4v) is 2.49. The lowest BCUT2D eigenvalue weighted by Gasteiger charge is -2.14. The largest absolute Gasteiger partial charge is 0.425 e. The summed E-state index contributed by atoms with van der Waals surface area (Å²) in [6.45, 7) is 3.92. The van der Waals surface area contributed by atoms with Gasteiger partial charge in [0.15, 0.2) is 5.75 Å². The van der Waals surface area contributed by atoms with Crippen molar-refractivity contribution in [2.45, 2.75) is 44.4 Å². The van der Waals surface area contributed by atoms with E-state index < -0.39 is 21.0 Å². The number of para-hydroxylation sites is 1. The van der Waals surface area contributed by atoms with Gasteiger partial charge in [0.1, 0.15) is 4.90 Å². The van der Waals surface area contributed by atoms with Crippen LogP contribution in [-0.2, 0) is 14.9 Å². The summed E-state index contributed by atoms with van der Waals surface area (Å²) in [5, 5.41) is 0. The van der Waals surface area contributed by atoms with Crippen LogP contribution in [0, 0.1) is 5.92 Å². The standard InChI is InChI=1S/C14H20O5S/c1-3-5-8-11(4-2)14(15)19-12-9-6-7-10-13(12)20(16,17)18/h6-7,9-11H,3-5,8H2,1-2H3,(H,16,17,18). The van der Waals surface area contributed by atoms with Crippen molar-refractivity contribution in [3.63, 3.8) is 0 Å². The number of ether oxygens (including phenoxy) is 1. The van der Waals surface area contributed by atoms with E-state index in [1.165, 1.54) is 18.2 Å². The van der Waals surface area contributed by atoms with Gasteiger partial charge in [-0.15, -0.1) is 0 Å². The Morgan fingerprint density at radius 1 is 1.30 bits per heavy atom. The summed E-state index contributed by atoms with van der Waals surface area (Å²) in [6.07, 6.45) is 3.23. The molecule has 0 fully saturated rings. The molecule has 5 nitrogen and oxygen atoms in total. The Kier molecular flexibility index (Phi) is 6.16. The lowest BCUT2D eigenvalue weighted by atomic mass is 10.00. The maximum Gasteiger partial charge on any atom is 0.314 e. The molecular formula is C14H20O5S. The van der Waals surface area contributed by atoms with E-state index in [4.69, 9.17) is 9.29 Å². The van der Waals surface area contributed by atoms with Gasteiger partial charge in [-0.25, -0.2) is 0 Å². The maximum absolute atomic E-state index is 12.0. The first kappa shape index (κ1) is 16.7. The zero-order valence-corrected chi connectivity index (χ0v) is 12.5. The van der Waals surface area contributed by atoms with Crippen molar-refractivity contribution in [1.29, 1.82) is 0 Å². The van der Waals surface area contributed by atoms with Gasteiger partial charge in [0.05, 0.1) is 5.92 Å². The first-order chi connectivity index (χ1) is 9.40. The molecule has 1 aromatic rings. The van der Waals surface area contributed by atoms with Gasteiger partial charge < -0.3 is 4.74 Å². The third kappa shape index (κ3) is 4.61. The van der Waals surface area contributed by atoms with Crippen LogP contribution >= 0.6 is 0 Å². The first-order valence-corrected chi connectivity index (χ1v) is 8.12. The van der Waals surface area contributed by atoms with Crippen LogP contribution in [0.5, 0.6) is 5.75 Å². The minimum absolute atomic E-state index is 0.130. The zero-order chi connectivity index (χ0) is 15.2. The molecule has 1 unspecified atom stereocenters. The summed E-state index contributed by atoms with van der Waals surface area (Å²) >= 11 is 0. The second-order valence-corrected chi connectivity index (χ2v) is 5.98. The van der Waals surface area contributed by atoms with Crippen molar-refractivity contribution >= 4 is 16.1 Å². The molecule has 0 bridgehead atoms. The smallest absolute Gasteiger partial charge is 0.314 e. The lowest BCUT2D eigenvalue weighted by molar-refractivity contribution is -0.139. The number of rotatable bonds is 7. The fourth-order valence-electron chi connectivity index (χ4n) is 1.88. The van der Waals surface area contributed by atoms with E-state index in [-0.39, 0.29) is 11.7 Å². The Morgan fingerprint density at radius 3 is 2.50 bits per heavy atom. The number of carbonyl (C=O) groups excluding carboxylic acids is 1. The first-order valence-electron chi connectivity index (χ1n) is 6.68. The van der Waals surface area contributed by atoms with Crippen LogP contribution in [-0.4, -0.2) is 18.9 Å². The van der Waals surface area contributed by atoms with Crippen molar-refractivity contribution < 1.29 is 22.5 Å². The Labute approximate surface area is 119 Å². The molecule has 1 rings (SSSR count). The van der Waals surface area contributed by atoms with Crippen LogP contribution in [0.2, 0.25) is 0 Å². The molecule has 0 saturated carbocycles. The van der Waals surface area contributed by atoms with Crippen LogP contribution in [0.4, 0.5) is 0 Å². The van der Waals surface area contributed by atoms with Gasteiger partial charge in [-0.3, -0.25) is 9.35 Å². The number of hydrogen-bond donors (Lipinski definition) is 1. The Bertz CT molecular complexity index is 550. The van der Waals surface area contributed by atoms with Crippen molar-refractivity contribution in [3.8, 4) is 5.75 Å². The van der Waals surface area contributed by atoms with E-state index in [2.05, 4.69) is 0 Å². The Hall–Kier alpha value is -1.40. The molecule has 0 aliphatic heterocycles. The average molecular weight is 300 g/mol. The maximum atomic E-state index is 12.0. The molecule has 6 heteroatoms. The summed E-state index contributed by atoms with van der Waals surface area (Å²) < 4.78 is 36.7. The van der Waals surface area contributed by atoms with Crippen LogP contribution in [0.1, 0.15) is 39.5 Å². The second kappa shape index (κ2) is 7.40. The van der Waals surface area contributed by atoms with Crippen molar-refractivity contribution in [3.05, 3.63) is 24.3 Å². The number of carbonyl (C=O) groups is 1. The van der Waals surface area contributed by atoms with E-state index in [0.29, 0.717) is 12.8 Å². The number of esters is 1.